The average Bonchev–Trinajstić information content (AvgIpc) is 3.04. The van der Waals surface area contributed by atoms with Gasteiger partial charge in [0.15, 0.2) is 5.70 Å². The maximum Gasteiger partial charge on any atom is 0.363 e. The van der Waals surface area contributed by atoms with Crippen LogP contribution >= 0.6 is 0 Å². The zero-order valence-corrected chi connectivity index (χ0v) is 15.9. The molecule has 1 heterocycles. The molecule has 0 amide bonds. The van der Waals surface area contributed by atoms with Gasteiger partial charge in [-0.2, -0.15) is 0 Å². The molecular formula is C23H25NO3. The molecule has 2 aromatic carbocycles. The highest BCUT2D eigenvalue weighted by Gasteiger charge is 2.23. The highest BCUT2D eigenvalue weighted by atomic mass is 16.6. The topological polar surface area (TPSA) is 47.9 Å². The van der Waals surface area contributed by atoms with Gasteiger partial charge in [-0.15, -0.1) is 0 Å². The quantitative estimate of drug-likeness (QED) is 0.363. The van der Waals surface area contributed by atoms with Crippen molar-refractivity contribution in [2.24, 2.45) is 4.99 Å². The summed E-state index contributed by atoms with van der Waals surface area (Å²) in [7, 11) is 0. The van der Waals surface area contributed by atoms with E-state index in [4.69, 9.17) is 9.47 Å². The Hall–Kier alpha value is -2.88. The van der Waals surface area contributed by atoms with Crippen molar-refractivity contribution in [2.75, 3.05) is 6.61 Å². The molecule has 0 N–H and O–H groups in total. The second-order valence-electron chi connectivity index (χ2n) is 6.68. The van der Waals surface area contributed by atoms with Crippen molar-refractivity contribution >= 4 is 17.9 Å². The third kappa shape index (κ3) is 5.30. The van der Waals surface area contributed by atoms with Gasteiger partial charge in [0, 0.05) is 5.56 Å². The van der Waals surface area contributed by atoms with E-state index in [0.29, 0.717) is 11.6 Å². The number of rotatable bonds is 8. The number of aliphatic imine (C=N–C) groups is 1. The van der Waals surface area contributed by atoms with Gasteiger partial charge in [0.05, 0.1) is 6.61 Å². The predicted molar refractivity (Wildman–Crippen MR) is 108 cm³/mol. The van der Waals surface area contributed by atoms with Crippen LogP contribution in [0.1, 0.15) is 49.3 Å². The Labute approximate surface area is 160 Å². The Morgan fingerprint density at radius 2 is 1.74 bits per heavy atom. The van der Waals surface area contributed by atoms with Gasteiger partial charge in [-0.05, 0) is 49.2 Å². The van der Waals surface area contributed by atoms with E-state index < -0.39 is 5.97 Å². The van der Waals surface area contributed by atoms with E-state index >= 15 is 0 Å². The zero-order valence-electron chi connectivity index (χ0n) is 15.9. The maximum atomic E-state index is 12.1. The lowest BCUT2D eigenvalue weighted by Crippen LogP contribution is -2.05. The summed E-state index contributed by atoms with van der Waals surface area (Å²) < 4.78 is 11.0. The Morgan fingerprint density at radius 1 is 1.00 bits per heavy atom. The molecule has 0 spiro atoms. The normalized spacial score (nSPS) is 15.0. The van der Waals surface area contributed by atoms with Gasteiger partial charge in [-0.3, -0.25) is 0 Å². The molecular weight excluding hydrogens is 338 g/mol. The van der Waals surface area contributed by atoms with Gasteiger partial charge >= 0.3 is 5.97 Å². The molecule has 4 heteroatoms. The van der Waals surface area contributed by atoms with Crippen LogP contribution in [0.2, 0.25) is 0 Å². The van der Waals surface area contributed by atoms with E-state index in [1.807, 2.05) is 55.5 Å². The van der Waals surface area contributed by atoms with Crippen LogP contribution in [0.5, 0.6) is 5.75 Å². The Bertz CT molecular complexity index is 833. The van der Waals surface area contributed by atoms with E-state index in [9.17, 15) is 4.79 Å². The molecule has 0 unspecified atom stereocenters. The standard InChI is InChI=1S/C23H25NO3/c1-3-4-5-6-15-26-20-13-9-18(10-14-20)16-21-23(25)27-22(24-21)19-11-7-17(2)8-12-19/h7-14,16H,3-6,15H2,1-2H3. The lowest BCUT2D eigenvalue weighted by Gasteiger charge is -2.06. The highest BCUT2D eigenvalue weighted by Crippen LogP contribution is 2.21. The van der Waals surface area contributed by atoms with Crippen molar-refractivity contribution < 1.29 is 14.3 Å². The summed E-state index contributed by atoms with van der Waals surface area (Å²) in [6.45, 7) is 4.94. The molecule has 3 rings (SSSR count). The summed E-state index contributed by atoms with van der Waals surface area (Å²) in [6.07, 6.45) is 6.47. The van der Waals surface area contributed by atoms with Crippen molar-refractivity contribution in [1.82, 2.24) is 0 Å². The van der Waals surface area contributed by atoms with Crippen LogP contribution in [0.4, 0.5) is 0 Å². The van der Waals surface area contributed by atoms with Crippen LogP contribution in [-0.4, -0.2) is 18.5 Å². The molecule has 0 saturated carbocycles. The third-order valence-electron chi connectivity index (χ3n) is 4.37. The summed E-state index contributed by atoms with van der Waals surface area (Å²) in [6, 6.07) is 15.4. The second kappa shape index (κ2) is 9.17. The maximum absolute atomic E-state index is 12.1. The van der Waals surface area contributed by atoms with Crippen molar-refractivity contribution in [3.05, 3.63) is 70.9 Å². The summed E-state index contributed by atoms with van der Waals surface area (Å²) >= 11 is 0. The SMILES string of the molecule is CCCCCCOc1ccc(C=C2N=C(c3ccc(C)cc3)OC2=O)cc1. The minimum atomic E-state index is -0.429. The van der Waals surface area contributed by atoms with Crippen molar-refractivity contribution in [2.45, 2.75) is 39.5 Å². The van der Waals surface area contributed by atoms with Crippen LogP contribution in [-0.2, 0) is 9.53 Å². The summed E-state index contributed by atoms with van der Waals surface area (Å²) in [4.78, 5) is 16.4. The highest BCUT2D eigenvalue weighted by molar-refractivity contribution is 6.12. The number of esters is 1. The monoisotopic (exact) mass is 363 g/mol. The first-order valence-corrected chi connectivity index (χ1v) is 9.48. The third-order valence-corrected chi connectivity index (χ3v) is 4.37. The van der Waals surface area contributed by atoms with Crippen LogP contribution < -0.4 is 4.74 Å². The minimum absolute atomic E-state index is 0.304. The number of hydrogen-bond acceptors (Lipinski definition) is 4. The first-order chi connectivity index (χ1) is 13.2. The van der Waals surface area contributed by atoms with Crippen molar-refractivity contribution in [1.29, 1.82) is 0 Å². The average molecular weight is 363 g/mol. The van der Waals surface area contributed by atoms with Gasteiger partial charge in [0.1, 0.15) is 5.75 Å². The van der Waals surface area contributed by atoms with Gasteiger partial charge in [-0.25, -0.2) is 9.79 Å². The molecule has 1 aliphatic rings. The minimum Gasteiger partial charge on any atom is -0.494 e. The number of carbonyl (C=O) groups excluding carboxylic acids is 1. The number of cyclic esters (lactones) is 1. The van der Waals surface area contributed by atoms with Gasteiger partial charge in [0.25, 0.3) is 0 Å². The summed E-state index contributed by atoms with van der Waals surface area (Å²) in [5, 5.41) is 0. The van der Waals surface area contributed by atoms with E-state index in [0.717, 1.165) is 35.5 Å². The predicted octanol–water partition coefficient (Wildman–Crippen LogP) is 5.30. The molecule has 0 saturated heterocycles. The molecule has 2 aromatic rings. The lowest BCUT2D eigenvalue weighted by molar-refractivity contribution is -0.129. The summed E-state index contributed by atoms with van der Waals surface area (Å²) in [5.41, 5.74) is 3.13. The van der Waals surface area contributed by atoms with Crippen LogP contribution in [0.3, 0.4) is 0 Å². The fraction of sp³-hybridized carbons (Fsp3) is 0.304. The molecule has 140 valence electrons. The van der Waals surface area contributed by atoms with Crippen molar-refractivity contribution in [3.8, 4) is 5.75 Å². The first kappa shape index (κ1) is 18.9. The largest absolute Gasteiger partial charge is 0.494 e. The second-order valence-corrected chi connectivity index (χ2v) is 6.68. The molecule has 0 aliphatic carbocycles. The van der Waals surface area contributed by atoms with Gasteiger partial charge in [-0.1, -0.05) is 56.0 Å². The fourth-order valence-electron chi connectivity index (χ4n) is 2.77. The molecule has 0 radical (unpaired) electrons. The molecule has 4 nitrogen and oxygen atoms in total. The Morgan fingerprint density at radius 3 is 2.44 bits per heavy atom. The number of benzene rings is 2. The van der Waals surface area contributed by atoms with E-state index in [-0.39, 0.29) is 0 Å². The van der Waals surface area contributed by atoms with Crippen LogP contribution in [0, 0.1) is 6.92 Å². The van der Waals surface area contributed by atoms with Gasteiger partial charge in [0.2, 0.25) is 5.90 Å². The summed E-state index contributed by atoms with van der Waals surface area (Å²) in [5.74, 6) is 0.756. The number of unbranched alkanes of at least 4 members (excludes halogenated alkanes) is 3. The fourth-order valence-corrected chi connectivity index (χ4v) is 2.77. The van der Waals surface area contributed by atoms with Crippen LogP contribution in [0.15, 0.2) is 59.2 Å². The number of nitrogens with zero attached hydrogens (tertiary/aromatic N) is 1. The zero-order chi connectivity index (χ0) is 19.1. The molecule has 0 atom stereocenters. The molecule has 0 aromatic heterocycles. The van der Waals surface area contributed by atoms with Crippen LogP contribution in [0.25, 0.3) is 6.08 Å². The van der Waals surface area contributed by atoms with E-state index in [1.165, 1.54) is 19.3 Å². The van der Waals surface area contributed by atoms with Crippen molar-refractivity contribution in [3.63, 3.8) is 0 Å². The lowest BCUT2D eigenvalue weighted by atomic mass is 10.1. The van der Waals surface area contributed by atoms with E-state index in [1.54, 1.807) is 6.08 Å². The molecule has 27 heavy (non-hydrogen) atoms. The number of hydrogen-bond donors (Lipinski definition) is 0. The van der Waals surface area contributed by atoms with E-state index in [2.05, 4.69) is 11.9 Å². The Kier molecular flexibility index (Phi) is 6.42. The molecule has 1 aliphatic heterocycles. The Balaban J connectivity index is 1.63. The number of ether oxygens (including phenoxy) is 2. The molecule has 0 fully saturated rings. The molecule has 0 bridgehead atoms. The van der Waals surface area contributed by atoms with Gasteiger partial charge < -0.3 is 9.47 Å². The smallest absolute Gasteiger partial charge is 0.363 e. The number of carbonyl (C=O) groups is 1. The number of aryl methyl sites for hydroxylation is 1. The first-order valence-electron chi connectivity index (χ1n) is 9.48.